The second kappa shape index (κ2) is 3.63. The van der Waals surface area contributed by atoms with Gasteiger partial charge in [-0.25, -0.2) is 4.79 Å². The van der Waals surface area contributed by atoms with Crippen LogP contribution in [0.5, 0.6) is 5.75 Å². The number of amides is 1. The number of carbonyl (C=O) groups is 1. The molecule has 90 valence electrons. The number of anilines is 1. The Morgan fingerprint density at radius 2 is 2.29 bits per heavy atom. The predicted octanol–water partition coefficient (Wildman–Crippen LogP) is 1.02. The number of phenolic OH excluding ortho intramolecular Hbond substituents is 1. The number of hydrogen-bond donors (Lipinski definition) is 2. The zero-order chi connectivity index (χ0) is 12.0. The smallest absolute Gasteiger partial charge is 0.415 e. The Morgan fingerprint density at radius 1 is 1.47 bits per heavy atom. The van der Waals surface area contributed by atoms with Gasteiger partial charge in [0.25, 0.3) is 0 Å². The van der Waals surface area contributed by atoms with Gasteiger partial charge >= 0.3 is 6.09 Å². The zero-order valence-corrected chi connectivity index (χ0v) is 9.17. The summed E-state index contributed by atoms with van der Waals surface area (Å²) in [7, 11) is 0. The molecule has 2 N–H and O–H groups in total. The number of aromatic hydroxyl groups is 1. The third kappa shape index (κ3) is 1.46. The van der Waals surface area contributed by atoms with Gasteiger partial charge in [0.05, 0.1) is 18.3 Å². The summed E-state index contributed by atoms with van der Waals surface area (Å²) < 4.78 is 5.12. The van der Waals surface area contributed by atoms with E-state index in [0.717, 1.165) is 24.1 Å². The van der Waals surface area contributed by atoms with Gasteiger partial charge in [0.15, 0.2) is 0 Å². The van der Waals surface area contributed by atoms with Crippen molar-refractivity contribution in [1.29, 1.82) is 0 Å². The highest BCUT2D eigenvalue weighted by molar-refractivity contribution is 5.92. The molecule has 2 heterocycles. The van der Waals surface area contributed by atoms with Crippen LogP contribution in [0.3, 0.4) is 0 Å². The van der Waals surface area contributed by atoms with Gasteiger partial charge < -0.3 is 14.9 Å². The first kappa shape index (κ1) is 10.4. The number of nitrogens with zero attached hydrogens (tertiary/aromatic N) is 1. The van der Waals surface area contributed by atoms with Gasteiger partial charge in [-0.15, -0.1) is 0 Å². The largest absolute Gasteiger partial charge is 0.508 e. The fourth-order valence-corrected chi connectivity index (χ4v) is 2.63. The van der Waals surface area contributed by atoms with Gasteiger partial charge in [-0.1, -0.05) is 0 Å². The third-order valence-electron chi connectivity index (χ3n) is 3.42. The van der Waals surface area contributed by atoms with Gasteiger partial charge in [-0.2, -0.15) is 0 Å². The highest BCUT2D eigenvalue weighted by Crippen LogP contribution is 2.38. The average molecular weight is 235 g/mol. The first-order valence-electron chi connectivity index (χ1n) is 5.63. The van der Waals surface area contributed by atoms with E-state index in [1.165, 1.54) is 0 Å². The van der Waals surface area contributed by atoms with Crippen molar-refractivity contribution in [2.24, 2.45) is 0 Å². The van der Waals surface area contributed by atoms with Crippen molar-refractivity contribution in [2.45, 2.75) is 25.0 Å². The molecule has 0 unspecified atom stereocenters. The molecule has 2 aliphatic heterocycles. The highest BCUT2D eigenvalue weighted by Gasteiger charge is 2.44. The predicted molar refractivity (Wildman–Crippen MR) is 60.0 cm³/mol. The molecular formula is C12H13NO4. The first-order valence-corrected chi connectivity index (χ1v) is 5.63. The number of aliphatic hydroxyl groups excluding tert-OH is 1. The maximum Gasteiger partial charge on any atom is 0.415 e. The van der Waals surface area contributed by atoms with Crippen LogP contribution in [0.2, 0.25) is 0 Å². The number of fused-ring (bicyclic) bond motifs is 3. The molecule has 0 spiro atoms. The molecule has 3 rings (SSSR count). The number of hydrogen-bond acceptors (Lipinski definition) is 4. The SMILES string of the molecule is O=C1O[C@@H](CO)[C@@H]2CCc3cc(O)ccc3N12. The number of cyclic esters (lactones) is 1. The van der Waals surface area contributed by atoms with Crippen molar-refractivity contribution in [3.8, 4) is 5.75 Å². The summed E-state index contributed by atoms with van der Waals surface area (Å²) in [6.07, 6.45) is 0.663. The topological polar surface area (TPSA) is 70.0 Å². The van der Waals surface area contributed by atoms with Crippen LogP contribution in [0.25, 0.3) is 0 Å². The minimum absolute atomic E-state index is 0.0930. The molecule has 1 amide bonds. The second-order valence-electron chi connectivity index (χ2n) is 4.39. The summed E-state index contributed by atoms with van der Waals surface area (Å²) >= 11 is 0. The second-order valence-corrected chi connectivity index (χ2v) is 4.39. The molecule has 1 aromatic carbocycles. The van der Waals surface area contributed by atoms with E-state index in [1.54, 1.807) is 23.1 Å². The van der Waals surface area contributed by atoms with Crippen LogP contribution in [0.15, 0.2) is 18.2 Å². The molecule has 0 bridgehead atoms. The van der Waals surface area contributed by atoms with Crippen molar-refractivity contribution < 1.29 is 19.7 Å². The fourth-order valence-electron chi connectivity index (χ4n) is 2.63. The first-order chi connectivity index (χ1) is 8.20. The van der Waals surface area contributed by atoms with Crippen LogP contribution in [0.4, 0.5) is 10.5 Å². The molecule has 1 aromatic rings. The van der Waals surface area contributed by atoms with E-state index in [4.69, 9.17) is 4.74 Å². The van der Waals surface area contributed by atoms with Gasteiger partial charge in [-0.05, 0) is 36.6 Å². The number of benzene rings is 1. The van der Waals surface area contributed by atoms with Crippen LogP contribution in [0, 0.1) is 0 Å². The number of rotatable bonds is 1. The number of phenols is 1. The molecule has 5 heteroatoms. The van der Waals surface area contributed by atoms with Gasteiger partial charge in [-0.3, -0.25) is 4.90 Å². The Bertz CT molecular complexity index is 474. The quantitative estimate of drug-likeness (QED) is 0.762. The molecular weight excluding hydrogens is 222 g/mol. The van der Waals surface area contributed by atoms with Crippen molar-refractivity contribution in [3.05, 3.63) is 23.8 Å². The summed E-state index contributed by atoms with van der Waals surface area (Å²) in [4.78, 5) is 13.3. The monoisotopic (exact) mass is 235 g/mol. The zero-order valence-electron chi connectivity index (χ0n) is 9.17. The fraction of sp³-hybridized carbons (Fsp3) is 0.417. The summed E-state index contributed by atoms with van der Waals surface area (Å²) in [5, 5.41) is 18.6. The molecule has 1 fully saturated rings. The lowest BCUT2D eigenvalue weighted by Crippen LogP contribution is -2.41. The van der Waals surface area contributed by atoms with E-state index in [0.29, 0.717) is 0 Å². The molecule has 1 saturated heterocycles. The Kier molecular flexibility index (Phi) is 2.22. The van der Waals surface area contributed by atoms with Crippen molar-refractivity contribution in [3.63, 3.8) is 0 Å². The summed E-state index contributed by atoms with van der Waals surface area (Å²) in [5.74, 6) is 0.202. The molecule has 0 aliphatic carbocycles. The molecule has 2 aliphatic rings. The van der Waals surface area contributed by atoms with Crippen LogP contribution >= 0.6 is 0 Å². The lowest BCUT2D eigenvalue weighted by Gasteiger charge is -2.30. The number of ether oxygens (including phenoxy) is 1. The lowest BCUT2D eigenvalue weighted by molar-refractivity contribution is 0.0817. The van der Waals surface area contributed by atoms with Gasteiger partial charge in [0, 0.05) is 0 Å². The Hall–Kier alpha value is -1.75. The summed E-state index contributed by atoms with van der Waals surface area (Å²) in [6.45, 7) is -0.152. The number of carbonyl (C=O) groups excluding carboxylic acids is 1. The maximum atomic E-state index is 11.8. The van der Waals surface area contributed by atoms with E-state index in [-0.39, 0.29) is 18.4 Å². The minimum Gasteiger partial charge on any atom is -0.508 e. The Labute approximate surface area is 98.2 Å². The standard InChI is InChI=1S/C12H13NO4/c14-6-11-10-3-1-7-5-8(15)2-4-9(7)13(10)12(16)17-11/h2,4-5,10-11,14-15H,1,3,6H2/t10-,11-/m0/s1. The maximum absolute atomic E-state index is 11.8. The summed E-state index contributed by atoms with van der Waals surface area (Å²) in [6, 6.07) is 4.86. The summed E-state index contributed by atoms with van der Waals surface area (Å²) in [5.41, 5.74) is 1.72. The minimum atomic E-state index is -0.440. The molecule has 0 aromatic heterocycles. The van der Waals surface area contributed by atoms with Crippen molar-refractivity contribution >= 4 is 11.8 Å². The van der Waals surface area contributed by atoms with E-state index in [9.17, 15) is 15.0 Å². The van der Waals surface area contributed by atoms with Crippen molar-refractivity contribution in [1.82, 2.24) is 0 Å². The molecule has 5 nitrogen and oxygen atoms in total. The van der Waals surface area contributed by atoms with E-state index in [1.807, 2.05) is 0 Å². The molecule has 0 radical (unpaired) electrons. The number of aryl methyl sites for hydroxylation is 1. The van der Waals surface area contributed by atoms with E-state index < -0.39 is 12.2 Å². The van der Waals surface area contributed by atoms with Crippen molar-refractivity contribution in [2.75, 3.05) is 11.5 Å². The molecule has 17 heavy (non-hydrogen) atoms. The van der Waals surface area contributed by atoms with Crippen LogP contribution < -0.4 is 4.90 Å². The highest BCUT2D eigenvalue weighted by atomic mass is 16.6. The van der Waals surface area contributed by atoms with E-state index in [2.05, 4.69) is 0 Å². The van der Waals surface area contributed by atoms with Crippen LogP contribution in [-0.2, 0) is 11.2 Å². The molecule has 0 saturated carbocycles. The van der Waals surface area contributed by atoms with Gasteiger partial charge in [0.1, 0.15) is 11.9 Å². The lowest BCUT2D eigenvalue weighted by atomic mass is 9.94. The van der Waals surface area contributed by atoms with Gasteiger partial charge in [0.2, 0.25) is 0 Å². The van der Waals surface area contributed by atoms with Crippen LogP contribution in [0.1, 0.15) is 12.0 Å². The van der Waals surface area contributed by atoms with E-state index >= 15 is 0 Å². The average Bonchev–Trinajstić information content (AvgIpc) is 2.66. The number of aliphatic hydroxyl groups is 1. The Morgan fingerprint density at radius 3 is 3.06 bits per heavy atom. The Balaban J connectivity index is 2.04. The van der Waals surface area contributed by atoms with Crippen LogP contribution in [-0.4, -0.2) is 35.1 Å². The normalized spacial score (nSPS) is 26.4. The molecule has 2 atom stereocenters. The third-order valence-corrected chi connectivity index (χ3v) is 3.42.